The Kier molecular flexibility index (Phi) is 5.11. The number of rotatable bonds is 2. The van der Waals surface area contributed by atoms with Crippen LogP contribution in [0.15, 0.2) is 30.3 Å². The molecule has 0 amide bonds. The molecule has 0 aliphatic heterocycles. The molecule has 0 aromatic heterocycles. The largest absolute Gasteiger partial charge is 1.00 e. The van der Waals surface area contributed by atoms with Crippen molar-refractivity contribution in [1.82, 2.24) is 0 Å². The molecule has 0 heterocycles. The summed E-state index contributed by atoms with van der Waals surface area (Å²) >= 11 is 0. The van der Waals surface area contributed by atoms with E-state index in [0.717, 1.165) is 6.92 Å². The summed E-state index contributed by atoms with van der Waals surface area (Å²) in [6.45, 7) is 1.12. The first-order valence-electron chi connectivity index (χ1n) is 3.44. The molecule has 1 atom stereocenters. The van der Waals surface area contributed by atoms with Crippen molar-refractivity contribution >= 4 is 18.2 Å². The molecule has 66 valence electrons. The molecule has 13 heavy (non-hydrogen) atoms. The van der Waals surface area contributed by atoms with E-state index in [4.69, 9.17) is 0 Å². The maximum atomic E-state index is 11.3. The Morgan fingerprint density at radius 2 is 1.85 bits per heavy atom. The fourth-order valence-electron chi connectivity index (χ4n) is 0.812. The summed E-state index contributed by atoms with van der Waals surface area (Å²) in [5.74, 6) is 0. The predicted octanol–water partition coefficient (Wildman–Crippen LogP) is -1.75. The van der Waals surface area contributed by atoms with Gasteiger partial charge in [-0.2, -0.15) is 0 Å². The van der Waals surface area contributed by atoms with Crippen molar-refractivity contribution in [1.29, 1.82) is 0 Å². The van der Waals surface area contributed by atoms with Gasteiger partial charge >= 0.3 is 29.6 Å². The minimum atomic E-state index is -3.76. The van der Waals surface area contributed by atoms with Gasteiger partial charge in [-0.25, -0.2) is 0 Å². The summed E-state index contributed by atoms with van der Waals surface area (Å²) in [5.41, 5.74) is -0.686. The average Bonchev–Trinajstić information content (AvgIpc) is 2.06. The van der Waals surface area contributed by atoms with Gasteiger partial charge in [-0.1, -0.05) is 18.2 Å². The minimum Gasteiger partial charge on any atom is -1.00 e. The van der Waals surface area contributed by atoms with Gasteiger partial charge in [0.1, 0.15) is 0 Å². The third kappa shape index (κ3) is 3.04. The first-order valence-corrected chi connectivity index (χ1v) is 5.10. The maximum absolute atomic E-state index is 11.3. The average molecular weight is 208 g/mol. The molecule has 0 saturated heterocycles. The summed E-state index contributed by atoms with van der Waals surface area (Å²) in [4.78, 5) is 20.0. The Bertz CT molecular complexity index is 342. The van der Waals surface area contributed by atoms with Gasteiger partial charge < -0.3 is 6.32 Å². The van der Waals surface area contributed by atoms with E-state index in [1.54, 1.807) is 18.2 Å². The van der Waals surface area contributed by atoms with E-state index in [0.29, 0.717) is 0 Å². The minimum absolute atomic E-state index is 0. The molecule has 0 bridgehead atoms. The molecule has 1 aromatic carbocycles. The number of hydrogen-bond acceptors (Lipinski definition) is 2. The third-order valence-electron chi connectivity index (χ3n) is 1.53. The number of carbonyl (C=O) groups is 1. The summed E-state index contributed by atoms with van der Waals surface area (Å²) in [6.07, 6.45) is 0. The van der Waals surface area contributed by atoms with Gasteiger partial charge in [-0.15, -0.1) is 0 Å². The summed E-state index contributed by atoms with van der Waals surface area (Å²) < 4.78 is 11.3. The van der Waals surface area contributed by atoms with E-state index in [1.165, 1.54) is 12.1 Å². The fourth-order valence-corrected chi connectivity index (χ4v) is 1.75. The van der Waals surface area contributed by atoms with Crippen LogP contribution >= 0.6 is 7.37 Å². The summed E-state index contributed by atoms with van der Waals surface area (Å²) in [7, 11) is -3.76. The topological polar surface area (TPSA) is 54.4 Å². The molecule has 1 unspecified atom stereocenters. The maximum Gasteiger partial charge on any atom is 1.00 e. The second-order valence-corrected chi connectivity index (χ2v) is 4.73. The molecule has 5 heteroatoms. The molecule has 0 saturated carbocycles. The van der Waals surface area contributed by atoms with E-state index in [9.17, 15) is 14.3 Å². The summed E-state index contributed by atoms with van der Waals surface area (Å²) in [6, 6.07) is 7.93. The Balaban J connectivity index is 0. The monoisotopic (exact) mass is 208 g/mol. The Labute approximate surface area is 100 Å². The van der Waals surface area contributed by atoms with Gasteiger partial charge in [0.15, 0.2) is 0 Å². The van der Waals surface area contributed by atoms with Gasteiger partial charge in [0.05, 0.1) is 0 Å². The predicted molar refractivity (Wildman–Crippen MR) is 47.7 cm³/mol. The third-order valence-corrected chi connectivity index (χ3v) is 3.38. The SMILES string of the molecule is CC(=O)P(=O)(O)c1ccccc1.[H-].[Na+]. The number of carbonyl (C=O) groups excluding carboxylic acids is 1. The molecular formula is C8H10NaO3P. The normalized spacial score (nSPS) is 14.0. The van der Waals surface area contributed by atoms with Gasteiger partial charge in [0, 0.05) is 12.2 Å². The Hall–Kier alpha value is 0.0800. The first kappa shape index (κ1) is 13.1. The van der Waals surface area contributed by atoms with Crippen LogP contribution in [0.5, 0.6) is 0 Å². The van der Waals surface area contributed by atoms with Crippen LogP contribution in [0.25, 0.3) is 0 Å². The zero-order chi connectivity index (χ0) is 9.19. The van der Waals surface area contributed by atoms with Gasteiger partial charge in [0.25, 0.3) is 7.37 Å². The molecule has 1 aromatic rings. The molecule has 0 radical (unpaired) electrons. The second-order valence-electron chi connectivity index (χ2n) is 2.43. The van der Waals surface area contributed by atoms with E-state index >= 15 is 0 Å². The van der Waals surface area contributed by atoms with Crippen molar-refractivity contribution in [3.8, 4) is 0 Å². The van der Waals surface area contributed by atoms with Crippen molar-refractivity contribution in [2.45, 2.75) is 6.92 Å². The van der Waals surface area contributed by atoms with Crippen LogP contribution < -0.4 is 34.9 Å². The Morgan fingerprint density at radius 1 is 1.38 bits per heavy atom. The fraction of sp³-hybridized carbons (Fsp3) is 0.125. The van der Waals surface area contributed by atoms with E-state index < -0.39 is 12.9 Å². The van der Waals surface area contributed by atoms with Crippen molar-refractivity contribution in [2.24, 2.45) is 0 Å². The molecular weight excluding hydrogens is 198 g/mol. The van der Waals surface area contributed by atoms with Crippen LogP contribution in [0.2, 0.25) is 0 Å². The number of benzene rings is 1. The zero-order valence-corrected chi connectivity index (χ0v) is 10.5. The van der Waals surface area contributed by atoms with Crippen LogP contribution in [0.3, 0.4) is 0 Å². The van der Waals surface area contributed by atoms with E-state index in [-0.39, 0.29) is 36.3 Å². The first-order chi connectivity index (χ1) is 5.55. The molecule has 0 spiro atoms. The molecule has 0 aliphatic rings. The molecule has 0 fully saturated rings. The van der Waals surface area contributed by atoms with E-state index in [1.807, 2.05) is 0 Å². The number of hydrogen-bond donors (Lipinski definition) is 1. The van der Waals surface area contributed by atoms with Gasteiger partial charge in [-0.3, -0.25) is 9.36 Å². The quantitative estimate of drug-likeness (QED) is 0.463. The van der Waals surface area contributed by atoms with Crippen LogP contribution in [0.4, 0.5) is 0 Å². The molecule has 1 N–H and O–H groups in total. The van der Waals surface area contributed by atoms with Gasteiger partial charge in [-0.05, 0) is 12.1 Å². The van der Waals surface area contributed by atoms with Crippen LogP contribution in [0, 0.1) is 0 Å². The summed E-state index contributed by atoms with van der Waals surface area (Å²) in [5, 5.41) is 0.192. The van der Waals surface area contributed by atoms with Crippen molar-refractivity contribution in [2.75, 3.05) is 0 Å². The Morgan fingerprint density at radius 3 is 2.23 bits per heavy atom. The smallest absolute Gasteiger partial charge is 1.00 e. The standard InChI is InChI=1S/C8H9O3P.Na.H/c1-7(9)12(10,11)8-5-3-2-4-6-8;;/h2-6H,1H3,(H,10,11);;/q;+1;-1. The van der Waals surface area contributed by atoms with E-state index in [2.05, 4.69) is 0 Å². The molecule has 3 nitrogen and oxygen atoms in total. The van der Waals surface area contributed by atoms with Crippen LogP contribution in [-0.4, -0.2) is 10.4 Å². The van der Waals surface area contributed by atoms with Crippen molar-refractivity contribution in [3.05, 3.63) is 30.3 Å². The van der Waals surface area contributed by atoms with Crippen LogP contribution in [-0.2, 0) is 9.36 Å². The van der Waals surface area contributed by atoms with Gasteiger partial charge in [0.2, 0.25) is 5.52 Å². The molecule has 0 aliphatic carbocycles. The molecule has 1 rings (SSSR count). The van der Waals surface area contributed by atoms with Crippen molar-refractivity contribution < 1.29 is 45.2 Å². The van der Waals surface area contributed by atoms with Crippen LogP contribution in [0.1, 0.15) is 8.35 Å². The van der Waals surface area contributed by atoms with Crippen molar-refractivity contribution in [3.63, 3.8) is 0 Å². The second kappa shape index (κ2) is 5.08. The zero-order valence-electron chi connectivity index (χ0n) is 8.60.